The number of anilines is 1. The Bertz CT molecular complexity index is 1120. The van der Waals surface area contributed by atoms with Crippen LogP contribution in [0.2, 0.25) is 5.02 Å². The highest BCUT2D eigenvalue weighted by atomic mass is 35.5. The lowest BCUT2D eigenvalue weighted by Gasteiger charge is -2.16. The number of hydrogen-bond donors (Lipinski definition) is 4. The van der Waals surface area contributed by atoms with Crippen LogP contribution in [0.25, 0.3) is 17.0 Å². The zero-order valence-corrected chi connectivity index (χ0v) is 18.5. The minimum atomic E-state index is -0.477. The third kappa shape index (κ3) is 4.97. The fourth-order valence-electron chi connectivity index (χ4n) is 2.97. The quantitative estimate of drug-likeness (QED) is 0.428. The number of halogens is 1. The summed E-state index contributed by atoms with van der Waals surface area (Å²) in [5.74, 6) is -0.0582. The number of aromatic nitrogens is 4. The van der Waals surface area contributed by atoms with Gasteiger partial charge < -0.3 is 20.5 Å². The number of rotatable bonds is 6. The number of aromatic amines is 1. The second-order valence-electron chi connectivity index (χ2n) is 7.96. The van der Waals surface area contributed by atoms with Gasteiger partial charge in [0, 0.05) is 23.2 Å². The highest BCUT2D eigenvalue weighted by Crippen LogP contribution is 2.32. The van der Waals surface area contributed by atoms with Gasteiger partial charge >= 0.3 is 12.0 Å². The molecule has 0 aliphatic carbocycles. The minimum absolute atomic E-state index is 0.0700. The summed E-state index contributed by atoms with van der Waals surface area (Å²) in [5, 5.41) is 23.1. The van der Waals surface area contributed by atoms with Crippen molar-refractivity contribution in [2.75, 3.05) is 19.0 Å². The number of aliphatic hydroxyl groups is 1. The average molecular weight is 449 g/mol. The first-order valence-corrected chi connectivity index (χ1v) is 10.0. The summed E-state index contributed by atoms with van der Waals surface area (Å²) in [5.41, 5.74) is 2.71. The summed E-state index contributed by atoms with van der Waals surface area (Å²) < 4.78 is 6.03. The number of methoxy groups -OCH3 is 1. The van der Waals surface area contributed by atoms with Gasteiger partial charge in [0.05, 0.1) is 25.8 Å². The molecule has 3 rings (SSSR count). The molecular weight excluding hydrogens is 424 g/mol. The second-order valence-corrected chi connectivity index (χ2v) is 8.34. The van der Waals surface area contributed by atoms with Crippen LogP contribution in [0.15, 0.2) is 18.2 Å². The van der Waals surface area contributed by atoms with Crippen LogP contribution in [0.1, 0.15) is 38.4 Å². The predicted molar refractivity (Wildman–Crippen MR) is 116 cm³/mol. The monoisotopic (exact) mass is 448 g/mol. The number of amides is 2. The van der Waals surface area contributed by atoms with E-state index in [1.807, 2.05) is 20.8 Å². The smallest absolute Gasteiger partial charge is 0.319 e. The average Bonchev–Trinajstić information content (AvgIpc) is 3.27. The number of fused-ring (bicyclic) bond motifs is 1. The number of esters is 1. The van der Waals surface area contributed by atoms with E-state index in [2.05, 4.69) is 30.6 Å². The lowest BCUT2D eigenvalue weighted by Crippen LogP contribution is -2.30. The van der Waals surface area contributed by atoms with Gasteiger partial charge in [0.15, 0.2) is 11.5 Å². The standard InChI is InChI=1S/C20H25ClN6O4/c1-20(2,3)16-15(21)18-24-17(26-27(18)25-16)13-9-12(6-5-11(13)10-28)23-19(30)22-8-7-14(29)31-4/h5-6,9,25,28H,7-8,10H2,1-4H3,(H2,22,23,30). The molecule has 166 valence electrons. The first kappa shape index (κ1) is 22.6. The van der Waals surface area contributed by atoms with Gasteiger partial charge in [-0.2, -0.15) is 4.63 Å². The fourth-order valence-corrected chi connectivity index (χ4v) is 3.41. The fraction of sp³-hybridized carbons (Fsp3) is 0.400. The van der Waals surface area contributed by atoms with E-state index < -0.39 is 12.0 Å². The summed E-state index contributed by atoms with van der Waals surface area (Å²) in [4.78, 5) is 27.7. The van der Waals surface area contributed by atoms with Crippen molar-refractivity contribution in [3.05, 3.63) is 34.5 Å². The molecule has 0 unspecified atom stereocenters. The molecule has 3 aromatic rings. The van der Waals surface area contributed by atoms with Crippen molar-refractivity contribution in [3.63, 3.8) is 0 Å². The lowest BCUT2D eigenvalue weighted by atomic mass is 9.92. The molecule has 0 aliphatic heterocycles. The van der Waals surface area contributed by atoms with Gasteiger partial charge in [-0.15, -0.1) is 5.10 Å². The highest BCUT2D eigenvalue weighted by molar-refractivity contribution is 6.34. The van der Waals surface area contributed by atoms with Crippen molar-refractivity contribution in [3.8, 4) is 11.4 Å². The van der Waals surface area contributed by atoms with Gasteiger partial charge in [-0.05, 0) is 17.7 Å². The van der Waals surface area contributed by atoms with Gasteiger partial charge in [-0.3, -0.25) is 9.89 Å². The van der Waals surface area contributed by atoms with Gasteiger partial charge in [0.25, 0.3) is 0 Å². The maximum atomic E-state index is 12.1. The molecular formula is C20H25ClN6O4. The molecule has 0 saturated carbocycles. The number of ether oxygens (including phenoxy) is 1. The number of carbonyl (C=O) groups is 2. The molecule has 0 aliphatic rings. The molecule has 31 heavy (non-hydrogen) atoms. The lowest BCUT2D eigenvalue weighted by molar-refractivity contribution is -0.140. The van der Waals surface area contributed by atoms with Crippen LogP contribution in [0.3, 0.4) is 0 Å². The first-order chi connectivity index (χ1) is 14.6. The van der Waals surface area contributed by atoms with E-state index in [0.717, 1.165) is 5.69 Å². The molecule has 11 heteroatoms. The summed E-state index contributed by atoms with van der Waals surface area (Å²) in [6.07, 6.45) is 0.0700. The van der Waals surface area contributed by atoms with Gasteiger partial charge in [0.2, 0.25) is 0 Å². The molecule has 0 atom stereocenters. The van der Waals surface area contributed by atoms with E-state index in [1.54, 1.807) is 18.2 Å². The molecule has 10 nitrogen and oxygen atoms in total. The van der Waals surface area contributed by atoms with Crippen LogP contribution < -0.4 is 10.6 Å². The molecule has 0 bridgehead atoms. The van der Waals surface area contributed by atoms with Gasteiger partial charge in [-0.1, -0.05) is 38.4 Å². The maximum absolute atomic E-state index is 12.1. The normalized spacial score (nSPS) is 11.5. The van der Waals surface area contributed by atoms with Crippen molar-refractivity contribution in [2.45, 2.75) is 39.2 Å². The van der Waals surface area contributed by atoms with Crippen LogP contribution in [-0.2, 0) is 21.6 Å². The number of benzene rings is 1. The van der Waals surface area contributed by atoms with Crippen LogP contribution in [-0.4, -0.2) is 50.6 Å². The summed E-state index contributed by atoms with van der Waals surface area (Å²) in [6, 6.07) is 4.52. The zero-order valence-electron chi connectivity index (χ0n) is 17.7. The second kappa shape index (κ2) is 8.94. The Labute approximate surface area is 183 Å². The van der Waals surface area contributed by atoms with E-state index in [-0.39, 0.29) is 25.0 Å². The summed E-state index contributed by atoms with van der Waals surface area (Å²) >= 11 is 6.50. The Balaban J connectivity index is 1.84. The molecule has 0 radical (unpaired) electrons. The molecule has 1 aromatic carbocycles. The van der Waals surface area contributed by atoms with E-state index in [0.29, 0.717) is 33.3 Å². The molecule has 4 N–H and O–H groups in total. The van der Waals surface area contributed by atoms with Crippen molar-refractivity contribution < 1.29 is 19.4 Å². The van der Waals surface area contributed by atoms with E-state index in [4.69, 9.17) is 11.6 Å². The van der Waals surface area contributed by atoms with Crippen molar-refractivity contribution in [1.82, 2.24) is 25.1 Å². The predicted octanol–water partition coefficient (Wildman–Crippen LogP) is 2.85. The van der Waals surface area contributed by atoms with Gasteiger partial charge in [0.1, 0.15) is 5.02 Å². The number of carbonyl (C=O) groups excluding carboxylic acids is 2. The molecule has 0 saturated heterocycles. The topological polar surface area (TPSA) is 134 Å². The van der Waals surface area contributed by atoms with E-state index >= 15 is 0 Å². The summed E-state index contributed by atoms with van der Waals surface area (Å²) in [7, 11) is 1.29. The first-order valence-electron chi connectivity index (χ1n) is 9.64. The van der Waals surface area contributed by atoms with Gasteiger partial charge in [-0.25, -0.2) is 9.78 Å². The molecule has 0 spiro atoms. The SMILES string of the molecule is COC(=O)CCNC(=O)Nc1ccc(CO)c(-c2nc3c(Cl)c(C(C)(C)C)[nH]n3n2)c1. The number of nitrogens with one attached hydrogen (secondary N) is 3. The van der Waals surface area contributed by atoms with Crippen molar-refractivity contribution in [2.24, 2.45) is 0 Å². The highest BCUT2D eigenvalue weighted by Gasteiger charge is 2.25. The molecule has 0 fully saturated rings. The number of H-pyrrole nitrogens is 1. The number of nitrogens with zero attached hydrogens (tertiary/aromatic N) is 3. The van der Waals surface area contributed by atoms with Crippen molar-refractivity contribution in [1.29, 1.82) is 0 Å². The number of hydrogen-bond acceptors (Lipinski definition) is 6. The third-order valence-corrected chi connectivity index (χ3v) is 4.97. The van der Waals surface area contributed by atoms with E-state index in [9.17, 15) is 14.7 Å². The van der Waals surface area contributed by atoms with E-state index in [1.165, 1.54) is 11.7 Å². The Morgan fingerprint density at radius 2 is 2.06 bits per heavy atom. The maximum Gasteiger partial charge on any atom is 0.319 e. The number of aliphatic hydroxyl groups excluding tert-OH is 1. The Morgan fingerprint density at radius 3 is 2.68 bits per heavy atom. The third-order valence-electron chi connectivity index (χ3n) is 4.61. The minimum Gasteiger partial charge on any atom is -0.469 e. The molecule has 2 aromatic heterocycles. The van der Waals surface area contributed by atoms with Crippen LogP contribution >= 0.6 is 11.6 Å². The molecule has 2 heterocycles. The van der Waals surface area contributed by atoms with Crippen LogP contribution in [0, 0.1) is 0 Å². The zero-order chi connectivity index (χ0) is 22.8. The Kier molecular flexibility index (Phi) is 6.51. The van der Waals surface area contributed by atoms with Crippen LogP contribution in [0.5, 0.6) is 0 Å². The summed E-state index contributed by atoms with van der Waals surface area (Å²) in [6.45, 7) is 6.00. The van der Waals surface area contributed by atoms with Crippen molar-refractivity contribution >= 4 is 34.9 Å². The Hall–Kier alpha value is -3.11. The molecule has 2 amide bonds. The Morgan fingerprint density at radius 1 is 1.32 bits per heavy atom. The number of urea groups is 1. The largest absolute Gasteiger partial charge is 0.469 e. The van der Waals surface area contributed by atoms with Crippen LogP contribution in [0.4, 0.5) is 10.5 Å².